The van der Waals surface area contributed by atoms with E-state index in [1.807, 2.05) is 6.07 Å². The topological polar surface area (TPSA) is 70.4 Å². The first-order valence-corrected chi connectivity index (χ1v) is 11.5. The maximum absolute atomic E-state index is 13.6. The van der Waals surface area contributed by atoms with Crippen LogP contribution in [0.5, 0.6) is 5.75 Å². The fourth-order valence-electron chi connectivity index (χ4n) is 3.67. The van der Waals surface area contributed by atoms with Crippen LogP contribution in [0.2, 0.25) is 0 Å². The van der Waals surface area contributed by atoms with Crippen LogP contribution in [0.4, 0.5) is 4.39 Å². The van der Waals surface area contributed by atoms with Crippen molar-refractivity contribution < 1.29 is 17.5 Å². The van der Waals surface area contributed by atoms with Crippen LogP contribution < -0.4 is 4.74 Å². The lowest BCUT2D eigenvalue weighted by Crippen LogP contribution is -2.24. The van der Waals surface area contributed by atoms with E-state index in [1.54, 1.807) is 30.3 Å². The third kappa shape index (κ3) is 5.78. The molecule has 0 N–H and O–H groups in total. The van der Waals surface area contributed by atoms with Gasteiger partial charge in [-0.15, -0.1) is 0 Å². The summed E-state index contributed by atoms with van der Waals surface area (Å²) >= 11 is 0. The van der Waals surface area contributed by atoms with Crippen LogP contribution in [0.1, 0.15) is 18.1 Å². The summed E-state index contributed by atoms with van der Waals surface area (Å²) in [5.74, 6) is 1.12. The van der Waals surface area contributed by atoms with E-state index in [9.17, 15) is 12.8 Å². The average Bonchev–Trinajstić information content (AvgIpc) is 3.03. The Morgan fingerprint density at radius 2 is 1.93 bits per heavy atom. The Morgan fingerprint density at radius 3 is 2.59 bits per heavy atom. The van der Waals surface area contributed by atoms with Crippen LogP contribution in [0.15, 0.2) is 47.4 Å². The molecule has 0 aliphatic carbocycles. The largest absolute Gasteiger partial charge is 0.493 e. The summed E-state index contributed by atoms with van der Waals surface area (Å²) in [5, 5.41) is 8.97. The predicted molar refractivity (Wildman–Crippen MR) is 109 cm³/mol. The fourth-order valence-corrected chi connectivity index (χ4v) is 4.31. The molecule has 7 heteroatoms. The van der Waals surface area contributed by atoms with E-state index in [0.717, 1.165) is 25.2 Å². The molecule has 0 amide bonds. The van der Waals surface area contributed by atoms with Crippen molar-refractivity contribution in [1.29, 1.82) is 5.26 Å². The second-order valence-electron chi connectivity index (χ2n) is 7.76. The van der Waals surface area contributed by atoms with Crippen LogP contribution in [0, 0.1) is 29.0 Å². The summed E-state index contributed by atoms with van der Waals surface area (Å²) in [6.45, 7) is 5.40. The first-order chi connectivity index (χ1) is 13.7. The van der Waals surface area contributed by atoms with Gasteiger partial charge in [0, 0.05) is 31.8 Å². The van der Waals surface area contributed by atoms with E-state index >= 15 is 0 Å². The SMILES string of the molecule is CC1CN(CCc2cc(F)cc(C#N)c2)CC1COc1ccc(S(C)(=O)=O)cc1. The zero-order valence-electron chi connectivity index (χ0n) is 16.6. The van der Waals surface area contributed by atoms with Crippen molar-refractivity contribution in [3.05, 3.63) is 59.4 Å². The number of likely N-dealkylation sites (tertiary alicyclic amines) is 1. The van der Waals surface area contributed by atoms with E-state index in [-0.39, 0.29) is 10.7 Å². The summed E-state index contributed by atoms with van der Waals surface area (Å²) in [6, 6.07) is 13.0. The molecule has 2 aromatic carbocycles. The van der Waals surface area contributed by atoms with Gasteiger partial charge in [0.25, 0.3) is 0 Å². The van der Waals surface area contributed by atoms with Gasteiger partial charge in [-0.05, 0) is 60.4 Å². The fraction of sp³-hybridized carbons (Fsp3) is 0.409. The Labute approximate surface area is 171 Å². The third-order valence-corrected chi connectivity index (χ3v) is 6.49. The standard InChI is InChI=1S/C22H25FN2O3S/c1-16-13-25(8-7-17-9-18(12-24)11-20(23)10-17)14-19(16)15-28-21-3-5-22(6-4-21)29(2,26)27/h3-6,9-11,16,19H,7-8,13-15H2,1-2H3. The first-order valence-electron chi connectivity index (χ1n) is 9.59. The molecule has 1 aliphatic rings. The van der Waals surface area contributed by atoms with Gasteiger partial charge in [-0.3, -0.25) is 0 Å². The molecule has 154 valence electrons. The number of nitrogens with zero attached hydrogens (tertiary/aromatic N) is 2. The van der Waals surface area contributed by atoms with Crippen molar-refractivity contribution in [2.45, 2.75) is 18.2 Å². The van der Waals surface area contributed by atoms with Gasteiger partial charge in [0.1, 0.15) is 11.6 Å². The molecule has 0 spiro atoms. The number of hydrogen-bond acceptors (Lipinski definition) is 5. The lowest BCUT2D eigenvalue weighted by Gasteiger charge is -2.17. The van der Waals surface area contributed by atoms with Crippen LogP contribution in [0.3, 0.4) is 0 Å². The van der Waals surface area contributed by atoms with Crippen LogP contribution in [-0.2, 0) is 16.3 Å². The molecule has 2 aromatic rings. The molecular formula is C22H25FN2O3S. The zero-order chi connectivity index (χ0) is 21.0. The van der Waals surface area contributed by atoms with E-state index in [0.29, 0.717) is 36.2 Å². The molecule has 1 fully saturated rings. The normalized spacial score (nSPS) is 19.8. The van der Waals surface area contributed by atoms with Gasteiger partial charge in [-0.25, -0.2) is 12.8 Å². The van der Waals surface area contributed by atoms with E-state index in [1.165, 1.54) is 18.4 Å². The molecule has 1 heterocycles. The molecule has 2 unspecified atom stereocenters. The highest BCUT2D eigenvalue weighted by atomic mass is 32.2. The van der Waals surface area contributed by atoms with Gasteiger partial charge < -0.3 is 9.64 Å². The molecular weight excluding hydrogens is 391 g/mol. The summed E-state index contributed by atoms with van der Waals surface area (Å²) in [5.41, 5.74) is 1.18. The van der Waals surface area contributed by atoms with Crippen molar-refractivity contribution in [2.75, 3.05) is 32.5 Å². The Hall–Kier alpha value is -2.43. The average molecular weight is 417 g/mol. The number of rotatable bonds is 7. The lowest BCUT2D eigenvalue weighted by atomic mass is 9.99. The number of ether oxygens (including phenoxy) is 1. The van der Waals surface area contributed by atoms with Crippen LogP contribution in [-0.4, -0.2) is 45.8 Å². The molecule has 1 saturated heterocycles. The number of hydrogen-bond donors (Lipinski definition) is 0. The Balaban J connectivity index is 1.51. The first kappa shape index (κ1) is 21.3. The predicted octanol–water partition coefficient (Wildman–Crippen LogP) is 3.29. The maximum atomic E-state index is 13.6. The summed E-state index contributed by atoms with van der Waals surface area (Å²) in [6.07, 6.45) is 1.88. The van der Waals surface area contributed by atoms with Crippen molar-refractivity contribution in [3.63, 3.8) is 0 Å². The number of sulfone groups is 1. The number of nitriles is 1. The summed E-state index contributed by atoms with van der Waals surface area (Å²) < 4.78 is 42.5. The summed E-state index contributed by atoms with van der Waals surface area (Å²) in [7, 11) is -3.21. The Morgan fingerprint density at radius 1 is 1.21 bits per heavy atom. The lowest BCUT2D eigenvalue weighted by molar-refractivity contribution is 0.225. The number of halogens is 1. The maximum Gasteiger partial charge on any atom is 0.175 e. The van der Waals surface area contributed by atoms with Crippen molar-refractivity contribution >= 4 is 9.84 Å². The van der Waals surface area contributed by atoms with Gasteiger partial charge in [-0.1, -0.05) is 6.92 Å². The molecule has 1 aliphatic heterocycles. The van der Waals surface area contributed by atoms with Gasteiger partial charge in [-0.2, -0.15) is 5.26 Å². The van der Waals surface area contributed by atoms with E-state index in [4.69, 9.17) is 10.00 Å². The van der Waals surface area contributed by atoms with Gasteiger partial charge in [0.15, 0.2) is 9.84 Å². The molecule has 0 aromatic heterocycles. The number of benzene rings is 2. The zero-order valence-corrected chi connectivity index (χ0v) is 17.5. The third-order valence-electron chi connectivity index (χ3n) is 5.36. The highest BCUT2D eigenvalue weighted by molar-refractivity contribution is 7.90. The second kappa shape index (κ2) is 8.93. The van der Waals surface area contributed by atoms with Gasteiger partial charge >= 0.3 is 0 Å². The highest BCUT2D eigenvalue weighted by Gasteiger charge is 2.29. The molecule has 0 saturated carbocycles. The van der Waals surface area contributed by atoms with E-state index < -0.39 is 9.84 Å². The Kier molecular flexibility index (Phi) is 6.56. The van der Waals surface area contributed by atoms with Crippen molar-refractivity contribution in [1.82, 2.24) is 4.90 Å². The molecule has 0 bridgehead atoms. The van der Waals surface area contributed by atoms with Crippen molar-refractivity contribution in [3.8, 4) is 11.8 Å². The van der Waals surface area contributed by atoms with Crippen LogP contribution >= 0.6 is 0 Å². The summed E-state index contributed by atoms with van der Waals surface area (Å²) in [4.78, 5) is 2.62. The minimum atomic E-state index is -3.21. The highest BCUT2D eigenvalue weighted by Crippen LogP contribution is 2.25. The monoisotopic (exact) mass is 416 g/mol. The smallest absolute Gasteiger partial charge is 0.175 e. The van der Waals surface area contributed by atoms with Gasteiger partial charge in [0.2, 0.25) is 0 Å². The van der Waals surface area contributed by atoms with Crippen molar-refractivity contribution in [2.24, 2.45) is 11.8 Å². The quantitative estimate of drug-likeness (QED) is 0.693. The molecule has 3 rings (SSSR count). The minimum Gasteiger partial charge on any atom is -0.493 e. The second-order valence-corrected chi connectivity index (χ2v) is 9.78. The molecule has 5 nitrogen and oxygen atoms in total. The molecule has 2 atom stereocenters. The van der Waals surface area contributed by atoms with Crippen LogP contribution in [0.25, 0.3) is 0 Å². The molecule has 29 heavy (non-hydrogen) atoms. The van der Waals surface area contributed by atoms with E-state index in [2.05, 4.69) is 11.8 Å². The molecule has 0 radical (unpaired) electrons. The van der Waals surface area contributed by atoms with Gasteiger partial charge in [0.05, 0.1) is 23.1 Å². The minimum absolute atomic E-state index is 0.280. The Bertz CT molecular complexity index is 1000.